The van der Waals surface area contributed by atoms with Crippen LogP contribution >= 0.6 is 11.6 Å². The van der Waals surface area contributed by atoms with Gasteiger partial charge in [-0.1, -0.05) is 11.6 Å². The van der Waals surface area contributed by atoms with Crippen LogP contribution in [0.25, 0.3) is 0 Å². The summed E-state index contributed by atoms with van der Waals surface area (Å²) in [6.07, 6.45) is 1.54. The molecule has 0 spiro atoms. The molecule has 1 rings (SSSR count). The first kappa shape index (κ1) is 16.7. The van der Waals surface area contributed by atoms with Crippen molar-refractivity contribution in [1.82, 2.24) is 9.29 Å². The molecule has 0 amide bonds. The van der Waals surface area contributed by atoms with Crippen molar-refractivity contribution >= 4 is 27.6 Å². The zero-order chi connectivity index (χ0) is 15.3. The van der Waals surface area contributed by atoms with Crippen molar-refractivity contribution in [3.63, 3.8) is 0 Å². The van der Waals surface area contributed by atoms with Crippen LogP contribution in [0.4, 0.5) is 0 Å². The summed E-state index contributed by atoms with van der Waals surface area (Å²) in [5.74, 6) is -0.400. The molecule has 1 aromatic heterocycles. The zero-order valence-corrected chi connectivity index (χ0v) is 12.6. The summed E-state index contributed by atoms with van der Waals surface area (Å²) in [5, 5.41) is -0.200. The fourth-order valence-corrected chi connectivity index (χ4v) is 2.88. The van der Waals surface area contributed by atoms with Crippen LogP contribution in [0.2, 0.25) is 5.02 Å². The van der Waals surface area contributed by atoms with Gasteiger partial charge in [0.2, 0.25) is 10.0 Å². The normalized spacial score (nSPS) is 11.6. The lowest BCUT2D eigenvalue weighted by molar-refractivity contribution is -0.140. The monoisotopic (exact) mass is 322 g/mol. The summed E-state index contributed by atoms with van der Waals surface area (Å²) < 4.78 is 29.9. The topological polar surface area (TPSA) is 96.5 Å². The van der Waals surface area contributed by atoms with Crippen molar-refractivity contribution in [1.29, 1.82) is 0 Å². The quantitative estimate of drug-likeness (QED) is 0.774. The summed E-state index contributed by atoms with van der Waals surface area (Å²) in [6.45, 7) is 0.147. The third kappa shape index (κ3) is 4.06. The molecule has 0 saturated carbocycles. The van der Waals surface area contributed by atoms with E-state index in [2.05, 4.69) is 9.72 Å². The standard InChI is InChI=1S/C11H15ClN2O5S/c1-14(5-3-4-10(15)19-2)20(17,18)8-6-9(12)11(16)13-7-8/h6-7H,3-5H2,1-2H3,(H,13,16). The second-order valence-corrected chi connectivity index (χ2v) is 6.47. The maximum absolute atomic E-state index is 12.2. The van der Waals surface area contributed by atoms with Gasteiger partial charge < -0.3 is 9.72 Å². The van der Waals surface area contributed by atoms with Crippen LogP contribution in [0.5, 0.6) is 0 Å². The maximum atomic E-state index is 12.2. The minimum Gasteiger partial charge on any atom is -0.469 e. The lowest BCUT2D eigenvalue weighted by atomic mass is 10.3. The number of H-pyrrole nitrogens is 1. The molecule has 0 bridgehead atoms. The third-order valence-corrected chi connectivity index (χ3v) is 4.74. The zero-order valence-electron chi connectivity index (χ0n) is 11.1. The molecule has 112 valence electrons. The van der Waals surface area contributed by atoms with Gasteiger partial charge in [0.25, 0.3) is 5.56 Å². The molecule has 1 heterocycles. The smallest absolute Gasteiger partial charge is 0.305 e. The lowest BCUT2D eigenvalue weighted by Gasteiger charge is -2.16. The van der Waals surface area contributed by atoms with Gasteiger partial charge in [-0.25, -0.2) is 12.7 Å². The number of methoxy groups -OCH3 is 1. The number of nitrogens with zero attached hydrogens (tertiary/aromatic N) is 1. The average molecular weight is 323 g/mol. The largest absolute Gasteiger partial charge is 0.469 e. The van der Waals surface area contributed by atoms with E-state index in [0.29, 0.717) is 6.42 Å². The average Bonchev–Trinajstić information content (AvgIpc) is 2.41. The van der Waals surface area contributed by atoms with Crippen LogP contribution in [-0.4, -0.2) is 44.4 Å². The first-order valence-electron chi connectivity index (χ1n) is 5.70. The number of aromatic nitrogens is 1. The highest BCUT2D eigenvalue weighted by atomic mass is 35.5. The van der Waals surface area contributed by atoms with Crippen LogP contribution in [0, 0.1) is 0 Å². The minimum absolute atomic E-state index is 0.109. The van der Waals surface area contributed by atoms with Gasteiger partial charge in [0.15, 0.2) is 0 Å². The second-order valence-electron chi connectivity index (χ2n) is 4.02. The van der Waals surface area contributed by atoms with Gasteiger partial charge in [0.1, 0.15) is 5.02 Å². The number of aromatic amines is 1. The molecule has 20 heavy (non-hydrogen) atoms. The van der Waals surface area contributed by atoms with E-state index in [9.17, 15) is 18.0 Å². The van der Waals surface area contributed by atoms with Crippen molar-refractivity contribution in [2.75, 3.05) is 20.7 Å². The molecule has 0 unspecified atom stereocenters. The maximum Gasteiger partial charge on any atom is 0.305 e. The van der Waals surface area contributed by atoms with Gasteiger partial charge in [0.05, 0.1) is 12.0 Å². The number of ether oxygens (including phenoxy) is 1. The Bertz CT molecular complexity index is 640. The molecule has 0 atom stereocenters. The fraction of sp³-hybridized carbons (Fsp3) is 0.455. The molecular formula is C11H15ClN2O5S. The molecule has 0 radical (unpaired) electrons. The van der Waals surface area contributed by atoms with Crippen molar-refractivity contribution in [2.24, 2.45) is 0 Å². The highest BCUT2D eigenvalue weighted by Gasteiger charge is 2.21. The fourth-order valence-electron chi connectivity index (χ4n) is 1.43. The number of esters is 1. The predicted octanol–water partition coefficient (Wildman–Crippen LogP) is 0.602. The molecule has 1 N–H and O–H groups in total. The Balaban J connectivity index is 2.79. The van der Waals surface area contributed by atoms with E-state index in [1.165, 1.54) is 14.2 Å². The van der Waals surface area contributed by atoms with Crippen LogP contribution < -0.4 is 5.56 Å². The lowest BCUT2D eigenvalue weighted by Crippen LogP contribution is -2.29. The van der Waals surface area contributed by atoms with Crippen LogP contribution in [0.15, 0.2) is 22.0 Å². The molecule has 7 nitrogen and oxygen atoms in total. The first-order chi connectivity index (χ1) is 9.28. The highest BCUT2D eigenvalue weighted by molar-refractivity contribution is 7.89. The Morgan fingerprint density at radius 2 is 2.15 bits per heavy atom. The predicted molar refractivity (Wildman–Crippen MR) is 73.1 cm³/mol. The Morgan fingerprint density at radius 3 is 2.70 bits per heavy atom. The van der Waals surface area contributed by atoms with Crippen molar-refractivity contribution in [2.45, 2.75) is 17.7 Å². The molecule has 0 saturated heterocycles. The van der Waals surface area contributed by atoms with E-state index in [1.54, 1.807) is 0 Å². The second kappa shape index (κ2) is 6.87. The summed E-state index contributed by atoms with van der Waals surface area (Å²) >= 11 is 5.60. The van der Waals surface area contributed by atoms with E-state index < -0.39 is 21.6 Å². The Hall–Kier alpha value is -1.38. The Kier molecular flexibility index (Phi) is 5.73. The summed E-state index contributed by atoms with van der Waals surface area (Å²) in [5.41, 5.74) is -0.557. The van der Waals surface area contributed by atoms with Gasteiger partial charge in [0, 0.05) is 26.2 Å². The van der Waals surface area contributed by atoms with Gasteiger partial charge in [-0.2, -0.15) is 0 Å². The molecule has 0 aliphatic carbocycles. The van der Waals surface area contributed by atoms with Crippen LogP contribution in [0.3, 0.4) is 0 Å². The van der Waals surface area contributed by atoms with E-state index in [1.807, 2.05) is 0 Å². The van der Waals surface area contributed by atoms with Crippen molar-refractivity contribution < 1.29 is 17.9 Å². The SMILES string of the molecule is COC(=O)CCCN(C)S(=O)(=O)c1c[nH]c(=O)c(Cl)c1. The third-order valence-electron chi connectivity index (χ3n) is 2.62. The number of pyridine rings is 1. The van der Waals surface area contributed by atoms with E-state index >= 15 is 0 Å². The van der Waals surface area contributed by atoms with Crippen molar-refractivity contribution in [3.8, 4) is 0 Å². The molecule has 1 aromatic rings. The number of hydrogen-bond acceptors (Lipinski definition) is 5. The van der Waals surface area contributed by atoms with Gasteiger partial charge in [-0.05, 0) is 12.5 Å². The number of nitrogens with one attached hydrogen (secondary N) is 1. The summed E-state index contributed by atoms with van der Waals surface area (Å²) in [6, 6.07) is 1.09. The summed E-state index contributed by atoms with van der Waals surface area (Å²) in [4.78, 5) is 24.2. The number of carbonyl (C=O) groups is 1. The van der Waals surface area contributed by atoms with Crippen LogP contribution in [0.1, 0.15) is 12.8 Å². The minimum atomic E-state index is -3.76. The molecular weight excluding hydrogens is 308 g/mol. The number of rotatable bonds is 6. The van der Waals surface area contributed by atoms with E-state index in [4.69, 9.17) is 11.6 Å². The number of hydrogen-bond donors (Lipinski definition) is 1. The van der Waals surface area contributed by atoms with Gasteiger partial charge in [-0.3, -0.25) is 9.59 Å². The molecule has 9 heteroatoms. The molecule has 0 aliphatic rings. The van der Waals surface area contributed by atoms with Gasteiger partial charge >= 0.3 is 5.97 Å². The Labute approximate surface area is 121 Å². The Morgan fingerprint density at radius 1 is 1.50 bits per heavy atom. The van der Waals surface area contributed by atoms with E-state index in [0.717, 1.165) is 16.6 Å². The van der Waals surface area contributed by atoms with Crippen LogP contribution in [-0.2, 0) is 19.6 Å². The number of carbonyl (C=O) groups excluding carboxylic acids is 1. The van der Waals surface area contributed by atoms with Crippen molar-refractivity contribution in [3.05, 3.63) is 27.6 Å². The number of sulfonamides is 1. The molecule has 0 fully saturated rings. The number of halogens is 1. The molecule has 0 aromatic carbocycles. The first-order valence-corrected chi connectivity index (χ1v) is 7.52. The van der Waals surface area contributed by atoms with Gasteiger partial charge in [-0.15, -0.1) is 0 Å². The van der Waals surface area contributed by atoms with E-state index in [-0.39, 0.29) is 22.9 Å². The highest BCUT2D eigenvalue weighted by Crippen LogP contribution is 2.15. The summed E-state index contributed by atoms with van der Waals surface area (Å²) in [7, 11) is -1.11. The molecule has 0 aliphatic heterocycles.